The van der Waals surface area contributed by atoms with E-state index in [-0.39, 0.29) is 24.5 Å². The number of ether oxygens (including phenoxy) is 1. The fraction of sp³-hybridized carbons (Fsp3) is 0.412. The van der Waals surface area contributed by atoms with Gasteiger partial charge >= 0.3 is 0 Å². The van der Waals surface area contributed by atoms with Crippen molar-refractivity contribution in [2.45, 2.75) is 32.2 Å². The van der Waals surface area contributed by atoms with Crippen LogP contribution in [0.3, 0.4) is 0 Å². The molecule has 0 radical (unpaired) electrons. The third kappa shape index (κ3) is 2.84. The van der Waals surface area contributed by atoms with Crippen molar-refractivity contribution >= 4 is 17.5 Å². The van der Waals surface area contributed by atoms with E-state index in [1.54, 1.807) is 23.1 Å². The van der Waals surface area contributed by atoms with Crippen LogP contribution < -0.4 is 10.1 Å². The predicted octanol–water partition coefficient (Wildman–Crippen LogP) is 1.94. The van der Waals surface area contributed by atoms with Gasteiger partial charge in [-0.25, -0.2) is 0 Å². The Morgan fingerprint density at radius 2 is 2.32 bits per heavy atom. The number of fused-ring (bicyclic) bond motifs is 1. The Morgan fingerprint density at radius 1 is 1.44 bits per heavy atom. The van der Waals surface area contributed by atoms with E-state index in [4.69, 9.17) is 9.26 Å². The minimum atomic E-state index is -0.199. The number of nitrogens with one attached hydrogen (secondary N) is 1. The van der Waals surface area contributed by atoms with E-state index in [9.17, 15) is 9.59 Å². The van der Waals surface area contributed by atoms with Gasteiger partial charge in [-0.15, -0.1) is 0 Å². The Kier molecular flexibility index (Phi) is 3.87. The van der Waals surface area contributed by atoms with E-state index < -0.39 is 0 Å². The van der Waals surface area contributed by atoms with Crippen molar-refractivity contribution in [3.8, 4) is 5.75 Å². The van der Waals surface area contributed by atoms with Gasteiger partial charge in [-0.1, -0.05) is 12.1 Å². The van der Waals surface area contributed by atoms with Gasteiger partial charge in [-0.05, 0) is 31.0 Å². The van der Waals surface area contributed by atoms with Gasteiger partial charge in [0.15, 0.2) is 12.4 Å². The molecule has 2 aromatic rings. The summed E-state index contributed by atoms with van der Waals surface area (Å²) in [6.45, 7) is 2.55. The highest BCUT2D eigenvalue weighted by Gasteiger charge is 2.34. The maximum Gasteiger partial charge on any atom is 0.262 e. The molecule has 130 valence electrons. The van der Waals surface area contributed by atoms with Crippen LogP contribution in [0, 0.1) is 0 Å². The van der Waals surface area contributed by atoms with E-state index in [2.05, 4.69) is 15.5 Å². The molecule has 1 saturated heterocycles. The predicted molar refractivity (Wildman–Crippen MR) is 87.3 cm³/mol. The third-order valence-corrected chi connectivity index (χ3v) is 4.46. The number of carbonyl (C=O) groups excluding carboxylic acids is 2. The molecular weight excluding hydrogens is 324 g/mol. The van der Waals surface area contributed by atoms with E-state index in [1.165, 1.54) is 0 Å². The highest BCUT2D eigenvalue weighted by atomic mass is 16.5. The third-order valence-electron chi connectivity index (χ3n) is 4.46. The van der Waals surface area contributed by atoms with Crippen LogP contribution in [0.4, 0.5) is 5.69 Å². The van der Waals surface area contributed by atoms with Crippen LogP contribution in [0.25, 0.3) is 0 Å². The smallest absolute Gasteiger partial charge is 0.262 e. The molecule has 1 atom stereocenters. The molecule has 2 aliphatic rings. The second-order valence-electron chi connectivity index (χ2n) is 6.10. The van der Waals surface area contributed by atoms with E-state index in [0.717, 1.165) is 12.8 Å². The largest absolute Gasteiger partial charge is 0.482 e. The van der Waals surface area contributed by atoms with Crippen molar-refractivity contribution in [3.63, 3.8) is 0 Å². The first-order chi connectivity index (χ1) is 12.2. The lowest BCUT2D eigenvalue weighted by Gasteiger charge is -2.23. The number of amides is 2. The first kappa shape index (κ1) is 15.6. The molecule has 1 N–H and O–H groups in total. The van der Waals surface area contributed by atoms with Crippen molar-refractivity contribution in [1.82, 2.24) is 15.0 Å². The number of hydrogen-bond donors (Lipinski definition) is 1. The van der Waals surface area contributed by atoms with Crippen LogP contribution in [0.15, 0.2) is 22.7 Å². The van der Waals surface area contributed by atoms with Crippen molar-refractivity contribution in [3.05, 3.63) is 35.5 Å². The first-order valence-corrected chi connectivity index (χ1v) is 8.36. The summed E-state index contributed by atoms with van der Waals surface area (Å²) in [5.74, 6) is 1.34. The fourth-order valence-electron chi connectivity index (χ4n) is 3.20. The summed E-state index contributed by atoms with van der Waals surface area (Å²) in [4.78, 5) is 30.4. The minimum Gasteiger partial charge on any atom is -0.482 e. The Hall–Kier alpha value is -2.90. The minimum absolute atomic E-state index is 0.0420. The lowest BCUT2D eigenvalue weighted by atomic mass is 10.1. The molecule has 2 aliphatic heterocycles. The zero-order valence-corrected chi connectivity index (χ0v) is 13.8. The molecule has 0 saturated carbocycles. The SMILES string of the molecule is CCc1nc([C@@H]2CCCN2C(=O)c2ccc3c(c2)OCC(=O)N3)no1. The van der Waals surface area contributed by atoms with Gasteiger partial charge < -0.3 is 19.5 Å². The number of carbonyl (C=O) groups is 2. The van der Waals surface area contributed by atoms with Crippen molar-refractivity contribution in [1.29, 1.82) is 0 Å². The van der Waals surface area contributed by atoms with Gasteiger partial charge in [0.25, 0.3) is 11.8 Å². The number of aromatic nitrogens is 2. The zero-order valence-electron chi connectivity index (χ0n) is 13.8. The number of nitrogens with zero attached hydrogens (tertiary/aromatic N) is 3. The maximum absolute atomic E-state index is 13.0. The van der Waals surface area contributed by atoms with Crippen LogP contribution in [0.1, 0.15) is 47.9 Å². The number of benzene rings is 1. The summed E-state index contributed by atoms with van der Waals surface area (Å²) in [5, 5.41) is 6.74. The Morgan fingerprint density at radius 3 is 3.12 bits per heavy atom. The van der Waals surface area contributed by atoms with Crippen LogP contribution in [-0.2, 0) is 11.2 Å². The summed E-state index contributed by atoms with van der Waals surface area (Å²) in [6, 6.07) is 4.88. The molecule has 2 amide bonds. The molecular formula is C17H18N4O4. The average Bonchev–Trinajstić information content (AvgIpc) is 3.29. The fourth-order valence-corrected chi connectivity index (χ4v) is 3.20. The summed E-state index contributed by atoms with van der Waals surface area (Å²) >= 11 is 0. The second-order valence-corrected chi connectivity index (χ2v) is 6.10. The number of likely N-dealkylation sites (tertiary alicyclic amines) is 1. The maximum atomic E-state index is 13.0. The molecule has 4 rings (SSSR count). The molecule has 25 heavy (non-hydrogen) atoms. The van der Waals surface area contributed by atoms with Gasteiger partial charge in [0.2, 0.25) is 5.89 Å². The highest BCUT2D eigenvalue weighted by Crippen LogP contribution is 2.34. The Bertz CT molecular complexity index is 832. The van der Waals surface area contributed by atoms with Gasteiger partial charge in [-0.2, -0.15) is 4.98 Å². The molecule has 0 spiro atoms. The van der Waals surface area contributed by atoms with E-state index >= 15 is 0 Å². The topological polar surface area (TPSA) is 97.6 Å². The summed E-state index contributed by atoms with van der Waals surface area (Å²) in [7, 11) is 0. The molecule has 8 heteroatoms. The molecule has 0 unspecified atom stereocenters. The van der Waals surface area contributed by atoms with Gasteiger partial charge in [0.1, 0.15) is 5.75 Å². The molecule has 0 aliphatic carbocycles. The Balaban J connectivity index is 1.58. The van der Waals surface area contributed by atoms with E-state index in [0.29, 0.717) is 41.7 Å². The lowest BCUT2D eigenvalue weighted by Crippen LogP contribution is -2.31. The van der Waals surface area contributed by atoms with Crippen LogP contribution in [0.2, 0.25) is 0 Å². The molecule has 1 fully saturated rings. The first-order valence-electron chi connectivity index (χ1n) is 8.36. The van der Waals surface area contributed by atoms with Crippen LogP contribution >= 0.6 is 0 Å². The quantitative estimate of drug-likeness (QED) is 0.915. The van der Waals surface area contributed by atoms with Crippen LogP contribution in [-0.4, -0.2) is 40.0 Å². The summed E-state index contributed by atoms with van der Waals surface area (Å²) < 4.78 is 10.6. The molecule has 1 aromatic heterocycles. The second kappa shape index (κ2) is 6.19. The highest BCUT2D eigenvalue weighted by molar-refractivity contribution is 5.99. The molecule has 1 aromatic carbocycles. The standard InChI is InChI=1S/C17H18N4O4/c1-2-15-19-16(20-25-15)12-4-3-7-21(12)17(23)10-5-6-11-13(8-10)24-9-14(22)18-11/h5-6,8,12H,2-4,7,9H2,1H3,(H,18,22)/t12-/m0/s1. The summed E-state index contributed by atoms with van der Waals surface area (Å²) in [5.41, 5.74) is 1.09. The van der Waals surface area contributed by atoms with Crippen molar-refractivity contribution in [2.24, 2.45) is 0 Å². The number of hydrogen-bond acceptors (Lipinski definition) is 6. The Labute approximate surface area is 144 Å². The summed E-state index contributed by atoms with van der Waals surface area (Å²) in [6.07, 6.45) is 2.37. The number of aryl methyl sites for hydroxylation is 1. The molecule has 0 bridgehead atoms. The number of rotatable bonds is 3. The van der Waals surface area contributed by atoms with Gasteiger partial charge in [-0.3, -0.25) is 9.59 Å². The zero-order chi connectivity index (χ0) is 17.4. The van der Waals surface area contributed by atoms with Crippen molar-refractivity contribution < 1.29 is 18.8 Å². The monoisotopic (exact) mass is 342 g/mol. The number of anilines is 1. The van der Waals surface area contributed by atoms with Crippen molar-refractivity contribution in [2.75, 3.05) is 18.5 Å². The van der Waals surface area contributed by atoms with Gasteiger partial charge in [0, 0.05) is 18.5 Å². The lowest BCUT2D eigenvalue weighted by molar-refractivity contribution is -0.118. The van der Waals surface area contributed by atoms with Gasteiger partial charge in [0.05, 0.1) is 11.7 Å². The molecule has 3 heterocycles. The van der Waals surface area contributed by atoms with E-state index in [1.807, 2.05) is 6.92 Å². The van der Waals surface area contributed by atoms with Crippen LogP contribution in [0.5, 0.6) is 5.75 Å². The normalized spacial score (nSPS) is 19.3. The molecule has 8 nitrogen and oxygen atoms in total. The average molecular weight is 342 g/mol.